The number of hydrogen-bond acceptors (Lipinski definition) is 5. The normalized spacial score (nSPS) is 17.9. The fourth-order valence-corrected chi connectivity index (χ4v) is 4.40. The number of piperazine rings is 1. The van der Waals surface area contributed by atoms with Gasteiger partial charge in [0.05, 0.1) is 5.56 Å². The molecule has 3 heterocycles. The Balaban J connectivity index is 1.43. The predicted molar refractivity (Wildman–Crippen MR) is 117 cm³/mol. The van der Waals surface area contributed by atoms with Gasteiger partial charge in [-0.3, -0.25) is 9.69 Å². The van der Waals surface area contributed by atoms with Crippen molar-refractivity contribution in [1.29, 1.82) is 0 Å². The van der Waals surface area contributed by atoms with Crippen LogP contribution in [0.3, 0.4) is 0 Å². The number of benzene rings is 1. The van der Waals surface area contributed by atoms with E-state index in [1.165, 1.54) is 29.9 Å². The van der Waals surface area contributed by atoms with Crippen LogP contribution in [0.2, 0.25) is 0 Å². The van der Waals surface area contributed by atoms with Crippen molar-refractivity contribution in [3.8, 4) is 0 Å². The number of alkyl halides is 3. The first kappa shape index (κ1) is 23.3. The van der Waals surface area contributed by atoms with E-state index in [-0.39, 0.29) is 17.5 Å². The molecule has 2 saturated heterocycles. The number of carbonyl (C=O) groups is 2. The summed E-state index contributed by atoms with van der Waals surface area (Å²) < 4.78 is 41.2. The quantitative estimate of drug-likeness (QED) is 0.644. The van der Waals surface area contributed by atoms with Crippen molar-refractivity contribution >= 4 is 17.5 Å². The number of ketones is 1. The first-order valence-electron chi connectivity index (χ1n) is 11.3. The van der Waals surface area contributed by atoms with Gasteiger partial charge in [0, 0.05) is 64.6 Å². The molecule has 0 unspecified atom stereocenters. The number of carbonyl (C=O) groups excluding carboxylic acids is 2. The van der Waals surface area contributed by atoms with Crippen LogP contribution < -0.4 is 4.90 Å². The minimum absolute atomic E-state index is 0.201. The Hall–Kier alpha value is -2.88. The molecule has 33 heavy (non-hydrogen) atoms. The molecule has 4 rings (SSSR count). The van der Waals surface area contributed by atoms with Crippen molar-refractivity contribution in [2.45, 2.75) is 38.9 Å². The van der Waals surface area contributed by atoms with Crippen molar-refractivity contribution in [2.24, 2.45) is 0 Å². The lowest BCUT2D eigenvalue weighted by Gasteiger charge is -2.36. The summed E-state index contributed by atoms with van der Waals surface area (Å²) in [5.74, 6) is -0.201. The van der Waals surface area contributed by atoms with Crippen LogP contribution in [0.4, 0.5) is 23.7 Å². The van der Waals surface area contributed by atoms with Gasteiger partial charge in [-0.25, -0.2) is 4.79 Å². The third-order valence-electron chi connectivity index (χ3n) is 6.29. The molecule has 2 aliphatic heterocycles. The van der Waals surface area contributed by atoms with Crippen LogP contribution in [0.1, 0.15) is 47.8 Å². The number of halogens is 3. The summed E-state index contributed by atoms with van der Waals surface area (Å²) in [5, 5.41) is 4.03. The zero-order chi connectivity index (χ0) is 23.6. The molecule has 1 aromatic carbocycles. The molecule has 0 N–H and O–H groups in total. The van der Waals surface area contributed by atoms with Gasteiger partial charge in [0.15, 0.2) is 5.78 Å². The van der Waals surface area contributed by atoms with Gasteiger partial charge in [0.2, 0.25) is 0 Å². The second kappa shape index (κ2) is 9.54. The average Bonchev–Trinajstić information content (AvgIpc) is 3.30. The second-order valence-corrected chi connectivity index (χ2v) is 8.64. The molecule has 0 saturated carbocycles. The molecule has 7 nitrogen and oxygen atoms in total. The highest BCUT2D eigenvalue weighted by Crippen LogP contribution is 2.35. The standard InChI is InChI=1S/C23H28F3N5O2/c1-17(32)20-7-10-31(27-20)22(33)30-13-11-28(12-14-30)16-18-5-6-19(23(24,25)26)15-21(18)29-8-3-2-4-9-29/h5-7,10,15H,2-4,8-9,11-14,16H2,1H3. The van der Waals surface area contributed by atoms with Gasteiger partial charge in [-0.05, 0) is 43.0 Å². The van der Waals surface area contributed by atoms with E-state index >= 15 is 0 Å². The summed E-state index contributed by atoms with van der Waals surface area (Å²) >= 11 is 0. The highest BCUT2D eigenvalue weighted by Gasteiger charge is 2.32. The van der Waals surface area contributed by atoms with Crippen LogP contribution in [0.15, 0.2) is 30.5 Å². The lowest BCUT2D eigenvalue weighted by Crippen LogP contribution is -2.49. The molecular formula is C23H28F3N5O2. The van der Waals surface area contributed by atoms with Crippen LogP contribution in [-0.2, 0) is 12.7 Å². The van der Waals surface area contributed by atoms with Crippen LogP contribution in [0, 0.1) is 0 Å². The van der Waals surface area contributed by atoms with Crippen molar-refractivity contribution < 1.29 is 22.8 Å². The number of anilines is 1. The van der Waals surface area contributed by atoms with Gasteiger partial charge in [-0.1, -0.05) is 6.07 Å². The van der Waals surface area contributed by atoms with Crippen molar-refractivity contribution in [2.75, 3.05) is 44.2 Å². The zero-order valence-electron chi connectivity index (χ0n) is 18.6. The fraction of sp³-hybridized carbons (Fsp3) is 0.522. The molecule has 0 radical (unpaired) electrons. The van der Waals surface area contributed by atoms with Crippen molar-refractivity contribution in [3.05, 3.63) is 47.3 Å². The van der Waals surface area contributed by atoms with E-state index < -0.39 is 11.7 Å². The maximum Gasteiger partial charge on any atom is 0.416 e. The Kier molecular flexibility index (Phi) is 6.73. The molecule has 2 aliphatic rings. The monoisotopic (exact) mass is 463 g/mol. The summed E-state index contributed by atoms with van der Waals surface area (Å²) in [7, 11) is 0. The van der Waals surface area contributed by atoms with Gasteiger partial charge in [-0.15, -0.1) is 0 Å². The number of aromatic nitrogens is 2. The number of Topliss-reactive ketones (excluding diaryl/α,β-unsaturated/α-hetero) is 1. The zero-order valence-corrected chi connectivity index (χ0v) is 18.6. The SMILES string of the molecule is CC(=O)c1ccn(C(=O)N2CCN(Cc3ccc(C(F)(F)F)cc3N3CCCCC3)CC2)n1. The van der Waals surface area contributed by atoms with Crippen LogP contribution in [-0.4, -0.2) is 70.7 Å². The van der Waals surface area contributed by atoms with Gasteiger partial charge < -0.3 is 9.80 Å². The molecule has 0 bridgehead atoms. The van der Waals surface area contributed by atoms with E-state index in [0.29, 0.717) is 38.4 Å². The third kappa shape index (κ3) is 5.38. The highest BCUT2D eigenvalue weighted by molar-refractivity contribution is 5.92. The summed E-state index contributed by atoms with van der Waals surface area (Å²) in [5.41, 5.74) is 1.17. The largest absolute Gasteiger partial charge is 0.416 e. The molecule has 178 valence electrons. The molecule has 0 aliphatic carbocycles. The van der Waals surface area contributed by atoms with Crippen molar-refractivity contribution in [3.63, 3.8) is 0 Å². The molecule has 0 spiro atoms. The molecular weight excluding hydrogens is 435 g/mol. The Morgan fingerprint density at radius 2 is 1.67 bits per heavy atom. The molecule has 10 heteroatoms. The Bertz CT molecular complexity index is 1010. The Morgan fingerprint density at radius 1 is 0.970 bits per heavy atom. The molecule has 0 atom stereocenters. The van der Waals surface area contributed by atoms with Crippen LogP contribution in [0.5, 0.6) is 0 Å². The van der Waals surface area contributed by atoms with Gasteiger partial charge in [0.1, 0.15) is 5.69 Å². The lowest BCUT2D eigenvalue weighted by atomic mass is 10.0. The highest BCUT2D eigenvalue weighted by atomic mass is 19.4. The summed E-state index contributed by atoms with van der Waals surface area (Å²) in [4.78, 5) is 30.0. The average molecular weight is 464 g/mol. The summed E-state index contributed by atoms with van der Waals surface area (Å²) in [6.07, 6.45) is 0.178. The topological polar surface area (TPSA) is 61.7 Å². The van der Waals surface area contributed by atoms with Gasteiger partial charge in [0.25, 0.3) is 0 Å². The number of hydrogen-bond donors (Lipinski definition) is 0. The molecule has 1 aromatic heterocycles. The van der Waals surface area contributed by atoms with E-state index in [4.69, 9.17) is 0 Å². The van der Waals surface area contributed by atoms with E-state index in [1.54, 1.807) is 11.0 Å². The number of nitrogens with zero attached hydrogens (tertiary/aromatic N) is 5. The summed E-state index contributed by atoms with van der Waals surface area (Å²) in [6, 6.07) is 5.27. The maximum absolute atomic E-state index is 13.3. The second-order valence-electron chi connectivity index (χ2n) is 8.64. The first-order chi connectivity index (χ1) is 15.7. The maximum atomic E-state index is 13.3. The minimum Gasteiger partial charge on any atom is -0.371 e. The molecule has 2 aromatic rings. The number of piperidine rings is 1. The minimum atomic E-state index is -4.37. The third-order valence-corrected chi connectivity index (χ3v) is 6.29. The Labute approximate surface area is 190 Å². The lowest BCUT2D eigenvalue weighted by molar-refractivity contribution is -0.137. The van der Waals surface area contributed by atoms with Gasteiger partial charge >= 0.3 is 12.2 Å². The van der Waals surface area contributed by atoms with Gasteiger partial charge in [-0.2, -0.15) is 23.0 Å². The Morgan fingerprint density at radius 3 is 2.27 bits per heavy atom. The molecule has 1 amide bonds. The fourth-order valence-electron chi connectivity index (χ4n) is 4.40. The number of rotatable bonds is 4. The smallest absolute Gasteiger partial charge is 0.371 e. The molecule has 2 fully saturated rings. The predicted octanol–water partition coefficient (Wildman–Crippen LogP) is 3.88. The van der Waals surface area contributed by atoms with Crippen molar-refractivity contribution in [1.82, 2.24) is 19.6 Å². The van der Waals surface area contributed by atoms with E-state index in [2.05, 4.69) is 14.9 Å². The van der Waals surface area contributed by atoms with Crippen LogP contribution >= 0.6 is 0 Å². The van der Waals surface area contributed by atoms with Crippen LogP contribution in [0.25, 0.3) is 0 Å². The number of amides is 1. The van der Waals surface area contributed by atoms with E-state index in [1.807, 2.05) is 0 Å². The first-order valence-corrected chi connectivity index (χ1v) is 11.3. The van der Waals surface area contributed by atoms with E-state index in [9.17, 15) is 22.8 Å². The van der Waals surface area contributed by atoms with E-state index in [0.717, 1.165) is 44.0 Å². The summed E-state index contributed by atoms with van der Waals surface area (Å²) in [6.45, 7) is 5.63.